The van der Waals surface area contributed by atoms with Crippen molar-refractivity contribution in [2.24, 2.45) is 5.50 Å². The fourth-order valence-corrected chi connectivity index (χ4v) is 6.64. The van der Waals surface area contributed by atoms with Crippen molar-refractivity contribution in [3.05, 3.63) is 32.6 Å². The molecule has 6 atom stereocenters. The smallest absolute Gasteiger partial charge is 0.334 e. The monoisotopic (exact) mass is 624 g/mol. The summed E-state index contributed by atoms with van der Waals surface area (Å²) in [6.07, 6.45) is -5.11. The van der Waals surface area contributed by atoms with Gasteiger partial charge in [-0.3, -0.25) is 29.2 Å². The van der Waals surface area contributed by atoms with Crippen LogP contribution in [0.5, 0.6) is 0 Å². The first kappa shape index (κ1) is 35.2. The number of carbonyl (C=O) groups excluding carboxylic acids is 1. The molecule has 0 bridgehead atoms. The van der Waals surface area contributed by atoms with E-state index in [2.05, 4.69) is 4.98 Å². The zero-order valence-electron chi connectivity index (χ0n) is 23.7. The molecule has 1 aromatic rings. The van der Waals surface area contributed by atoms with E-state index in [-0.39, 0.29) is 45.0 Å². The molecule has 18 heteroatoms. The Balaban J connectivity index is 2.62. The van der Waals surface area contributed by atoms with E-state index < -0.39 is 70.1 Å². The predicted octanol–water partition coefficient (Wildman–Crippen LogP) is 1.47. The minimum Gasteiger partial charge on any atom is -0.459 e. The lowest BCUT2D eigenvalue weighted by atomic mass is 10.1. The number of carbonyl (C=O) groups is 1. The maximum Gasteiger partial charge on any atom is 0.334 e. The van der Waals surface area contributed by atoms with Gasteiger partial charge in [0.05, 0.1) is 51.7 Å². The molecule has 0 amide bonds. The third kappa shape index (κ3) is 10.3. The lowest BCUT2D eigenvalue weighted by Gasteiger charge is -2.31. The molecule has 1 fully saturated rings. The van der Waals surface area contributed by atoms with Gasteiger partial charge in [0.1, 0.15) is 24.4 Å². The van der Waals surface area contributed by atoms with Crippen molar-refractivity contribution in [1.29, 1.82) is 5.26 Å². The van der Waals surface area contributed by atoms with Gasteiger partial charge in [-0.05, 0) is 20.8 Å². The van der Waals surface area contributed by atoms with Gasteiger partial charge in [-0.2, -0.15) is 5.26 Å². The molecule has 2 heterocycles. The second-order valence-electron chi connectivity index (χ2n) is 8.67. The summed E-state index contributed by atoms with van der Waals surface area (Å²) >= 11 is 0. The van der Waals surface area contributed by atoms with E-state index in [0.717, 1.165) is 11.5 Å². The number of nitrogens with two attached hydrogens (primary N) is 1. The number of ether oxygens (including phenoxy) is 4. The van der Waals surface area contributed by atoms with E-state index in [9.17, 15) is 18.9 Å². The van der Waals surface area contributed by atoms with E-state index in [1.54, 1.807) is 13.8 Å². The molecular weight excluding hydrogens is 586 g/mol. The Morgan fingerprint density at radius 3 is 2.51 bits per heavy atom. The molecule has 232 valence electrons. The van der Waals surface area contributed by atoms with Crippen LogP contribution in [0.15, 0.2) is 15.8 Å². The maximum atomic E-state index is 13.5. The summed E-state index contributed by atoms with van der Waals surface area (Å²) in [4.78, 5) is 39.3. The molecule has 0 radical (unpaired) electrons. The fraction of sp³-hybridized carbons (Fsp3) is 0.739. The summed E-state index contributed by atoms with van der Waals surface area (Å²) in [5, 5.41) is 8.84. The lowest BCUT2D eigenvalue weighted by Crippen LogP contribution is -2.45. The van der Waals surface area contributed by atoms with Gasteiger partial charge in [0.15, 0.2) is 6.23 Å². The highest BCUT2D eigenvalue weighted by Gasteiger charge is 2.54. The summed E-state index contributed by atoms with van der Waals surface area (Å²) in [6, 6.07) is 1.93. The average molecular weight is 625 g/mol. The zero-order chi connectivity index (χ0) is 30.6. The van der Waals surface area contributed by atoms with Gasteiger partial charge in [0.25, 0.3) is 14.1 Å². The number of esters is 1. The van der Waals surface area contributed by atoms with Gasteiger partial charge >= 0.3 is 19.3 Å². The Morgan fingerprint density at radius 2 is 1.93 bits per heavy atom. The molecule has 0 aromatic carbocycles. The molecule has 16 nitrogen and oxygen atoms in total. The maximum absolute atomic E-state index is 13.5. The summed E-state index contributed by atoms with van der Waals surface area (Å²) in [6.45, 7) is 6.18. The standard InChI is InChI=1S/C23H38N4O12P2/c1-6-35-41(31,36-7-2)14-17(37-16(4)28)18-19(39-40(25)34-10-8-9-24)20(33-12-11-32-5)22(38-18)27-13-15(3)21(29)26-23(27)30/h13,17-20,22H,6-8,10-12,14,25H2,1-5H3,(H,26,29,30)/t17-,18+,19+,20+,22+,40?/m0/s1. The van der Waals surface area contributed by atoms with Crippen molar-refractivity contribution in [1.82, 2.24) is 9.55 Å². The van der Waals surface area contributed by atoms with Crippen LogP contribution in [-0.2, 0) is 46.4 Å². The first-order chi connectivity index (χ1) is 19.5. The topological polar surface area (TPSA) is 213 Å². The average Bonchev–Trinajstić information content (AvgIpc) is 3.23. The molecule has 0 aliphatic carbocycles. The Hall–Kier alpha value is -2.02. The van der Waals surface area contributed by atoms with Crippen LogP contribution in [0.25, 0.3) is 0 Å². The van der Waals surface area contributed by atoms with Crippen LogP contribution >= 0.6 is 16.1 Å². The number of nitrogens with one attached hydrogen (secondary N) is 1. The molecular formula is C23H38N4O12P2. The van der Waals surface area contributed by atoms with E-state index in [0.29, 0.717) is 0 Å². The first-order valence-electron chi connectivity index (χ1n) is 12.8. The lowest BCUT2D eigenvalue weighted by molar-refractivity contribution is -0.157. The molecule has 2 rings (SSSR count). The molecule has 3 N–H and O–H groups in total. The van der Waals surface area contributed by atoms with Crippen molar-refractivity contribution >= 4 is 22.1 Å². The van der Waals surface area contributed by atoms with Crippen LogP contribution in [0.4, 0.5) is 0 Å². The van der Waals surface area contributed by atoms with E-state index in [4.69, 9.17) is 47.8 Å². The van der Waals surface area contributed by atoms with Gasteiger partial charge in [0.2, 0.25) is 0 Å². The van der Waals surface area contributed by atoms with Gasteiger partial charge in [-0.25, -0.2) is 4.79 Å². The van der Waals surface area contributed by atoms with Crippen LogP contribution in [0.1, 0.15) is 39.0 Å². The molecule has 0 saturated carbocycles. The normalized spacial score (nSPS) is 22.3. The zero-order valence-corrected chi connectivity index (χ0v) is 25.5. The molecule has 0 spiro atoms. The Morgan fingerprint density at radius 1 is 1.24 bits per heavy atom. The second kappa shape index (κ2) is 17.2. The van der Waals surface area contributed by atoms with Crippen molar-refractivity contribution in [2.75, 3.05) is 46.3 Å². The molecule has 1 unspecified atom stereocenters. The minimum absolute atomic E-state index is 0.0224. The highest BCUT2D eigenvalue weighted by molar-refractivity contribution is 7.53. The fourth-order valence-electron chi connectivity index (χ4n) is 4.04. The first-order valence-corrected chi connectivity index (χ1v) is 15.8. The van der Waals surface area contributed by atoms with Crippen molar-refractivity contribution in [2.45, 2.75) is 64.8 Å². The summed E-state index contributed by atoms with van der Waals surface area (Å²) in [7, 11) is -4.48. The third-order valence-electron chi connectivity index (χ3n) is 5.64. The summed E-state index contributed by atoms with van der Waals surface area (Å²) in [5.41, 5.74) is 4.92. The largest absolute Gasteiger partial charge is 0.459 e. The van der Waals surface area contributed by atoms with Crippen LogP contribution in [-0.4, -0.2) is 86.2 Å². The van der Waals surface area contributed by atoms with Gasteiger partial charge in [0, 0.05) is 25.8 Å². The number of nitriles is 1. The number of rotatable bonds is 18. The Kier molecular flexibility index (Phi) is 14.7. The van der Waals surface area contributed by atoms with E-state index in [1.165, 1.54) is 20.2 Å². The second-order valence-corrected chi connectivity index (χ2v) is 11.8. The molecule has 41 heavy (non-hydrogen) atoms. The number of nitrogens with zero attached hydrogens (tertiary/aromatic N) is 2. The number of hydrogen-bond donors (Lipinski definition) is 2. The predicted molar refractivity (Wildman–Crippen MR) is 145 cm³/mol. The Labute approximate surface area is 238 Å². The van der Waals surface area contributed by atoms with Gasteiger partial charge in [-0.1, -0.05) is 0 Å². The highest BCUT2D eigenvalue weighted by Crippen LogP contribution is 2.51. The van der Waals surface area contributed by atoms with E-state index >= 15 is 0 Å². The third-order valence-corrected chi connectivity index (χ3v) is 8.64. The number of H-pyrrole nitrogens is 1. The molecule has 1 saturated heterocycles. The van der Waals surface area contributed by atoms with E-state index in [1.807, 2.05) is 6.07 Å². The van der Waals surface area contributed by atoms with Crippen LogP contribution in [0.2, 0.25) is 0 Å². The SMILES string of the molecule is CCOP(=O)(C[C@H](OC(C)=O)[C@H]1O[C@@H](n2cc(C)c(=O)[nH]c2=O)[C@H](OCCOC)[C@@H]1OP(N)OCCC#N)OCC. The number of aromatic nitrogens is 2. The quantitative estimate of drug-likeness (QED) is 0.135. The van der Waals surface area contributed by atoms with Crippen molar-refractivity contribution in [3.63, 3.8) is 0 Å². The molecule has 1 aliphatic heterocycles. The number of aromatic amines is 1. The highest BCUT2D eigenvalue weighted by atomic mass is 31.2. The van der Waals surface area contributed by atoms with Crippen LogP contribution < -0.4 is 16.8 Å². The summed E-state index contributed by atoms with van der Waals surface area (Å²) in [5.74, 6) is -0.727. The molecule has 1 aliphatic rings. The Bertz CT molecular complexity index is 1180. The van der Waals surface area contributed by atoms with Crippen molar-refractivity contribution < 1.29 is 46.4 Å². The molecule has 1 aromatic heterocycles. The van der Waals surface area contributed by atoms with Crippen LogP contribution in [0.3, 0.4) is 0 Å². The number of aryl methyl sites for hydroxylation is 1. The van der Waals surface area contributed by atoms with Crippen molar-refractivity contribution in [3.8, 4) is 6.07 Å². The van der Waals surface area contributed by atoms with Gasteiger partial charge in [-0.15, -0.1) is 0 Å². The summed E-state index contributed by atoms with van der Waals surface area (Å²) < 4.78 is 59.8. The number of methoxy groups -OCH3 is 1. The number of hydrogen-bond acceptors (Lipinski definition) is 14. The minimum atomic E-state index is -3.81. The van der Waals surface area contributed by atoms with Gasteiger partial charge < -0.3 is 37.0 Å². The van der Waals surface area contributed by atoms with Crippen LogP contribution in [0, 0.1) is 18.3 Å².